The van der Waals surface area contributed by atoms with Crippen molar-refractivity contribution in [2.24, 2.45) is 0 Å². The molecule has 1 amide bonds. The highest BCUT2D eigenvalue weighted by Gasteiger charge is 2.11. The highest BCUT2D eigenvalue weighted by atomic mass is 35.5. The zero-order valence-corrected chi connectivity index (χ0v) is 12.0. The second-order valence-corrected chi connectivity index (χ2v) is 4.98. The van der Waals surface area contributed by atoms with Crippen LogP contribution in [0.25, 0.3) is 0 Å². The molecule has 1 aromatic carbocycles. The number of halogens is 2. The summed E-state index contributed by atoms with van der Waals surface area (Å²) in [6.45, 7) is 3.72. The van der Waals surface area contributed by atoms with Crippen LogP contribution < -0.4 is 5.32 Å². The van der Waals surface area contributed by atoms with E-state index in [1.165, 1.54) is 12.3 Å². The van der Waals surface area contributed by atoms with Crippen LogP contribution in [0.4, 0.5) is 4.39 Å². The van der Waals surface area contributed by atoms with Gasteiger partial charge in [-0.1, -0.05) is 23.7 Å². The average Bonchev–Trinajstić information content (AvgIpc) is 2.40. The van der Waals surface area contributed by atoms with Gasteiger partial charge in [0, 0.05) is 18.4 Å². The molecule has 0 bridgehead atoms. The van der Waals surface area contributed by atoms with Crippen LogP contribution in [0.1, 0.15) is 27.2 Å². The first-order valence-corrected chi connectivity index (χ1v) is 6.50. The first-order valence-electron chi connectivity index (χ1n) is 6.13. The number of rotatable bonds is 3. The van der Waals surface area contributed by atoms with E-state index in [1.807, 2.05) is 0 Å². The van der Waals surface area contributed by atoms with E-state index in [-0.39, 0.29) is 18.3 Å². The fourth-order valence-electron chi connectivity index (χ4n) is 1.72. The van der Waals surface area contributed by atoms with Gasteiger partial charge in [0.2, 0.25) is 0 Å². The number of aryl methyl sites for hydroxylation is 2. The minimum Gasteiger partial charge on any atom is -0.348 e. The van der Waals surface area contributed by atoms with Crippen molar-refractivity contribution in [1.82, 2.24) is 10.3 Å². The molecule has 0 fully saturated rings. The van der Waals surface area contributed by atoms with Crippen LogP contribution in [-0.2, 0) is 6.54 Å². The number of carbonyl (C=O) groups is 1. The second kappa shape index (κ2) is 6.01. The maximum absolute atomic E-state index is 13.4. The molecular formula is C15H14ClFN2O. The van der Waals surface area contributed by atoms with Crippen molar-refractivity contribution < 1.29 is 9.18 Å². The first-order chi connectivity index (χ1) is 9.47. The van der Waals surface area contributed by atoms with Gasteiger partial charge in [-0.2, -0.15) is 0 Å². The molecule has 1 N–H and O–H groups in total. The minimum atomic E-state index is -0.330. The van der Waals surface area contributed by atoms with Gasteiger partial charge in [-0.3, -0.25) is 9.78 Å². The maximum Gasteiger partial charge on any atom is 0.254 e. The number of pyridine rings is 1. The molecule has 0 aliphatic rings. The molecule has 0 aliphatic heterocycles. The van der Waals surface area contributed by atoms with Crippen LogP contribution >= 0.6 is 11.6 Å². The molecular weight excluding hydrogens is 279 g/mol. The van der Waals surface area contributed by atoms with Crippen molar-refractivity contribution in [2.45, 2.75) is 20.4 Å². The molecule has 0 atom stereocenters. The lowest BCUT2D eigenvalue weighted by Crippen LogP contribution is -2.23. The number of benzene rings is 1. The lowest BCUT2D eigenvalue weighted by atomic mass is 10.1. The zero-order valence-electron chi connectivity index (χ0n) is 11.2. The van der Waals surface area contributed by atoms with Crippen LogP contribution in [-0.4, -0.2) is 10.9 Å². The van der Waals surface area contributed by atoms with Crippen molar-refractivity contribution in [2.75, 3.05) is 0 Å². The molecule has 1 heterocycles. The van der Waals surface area contributed by atoms with E-state index in [0.29, 0.717) is 21.7 Å². The number of aromatic nitrogens is 1. The maximum atomic E-state index is 13.4. The molecule has 20 heavy (non-hydrogen) atoms. The van der Waals surface area contributed by atoms with Gasteiger partial charge in [-0.25, -0.2) is 4.39 Å². The SMILES string of the molecule is Cc1cc(Cl)c(C(=O)NCc2ccc(C)c(F)c2)cn1. The fraction of sp³-hybridized carbons (Fsp3) is 0.200. The van der Waals surface area contributed by atoms with Crippen LogP contribution in [0.3, 0.4) is 0 Å². The van der Waals surface area contributed by atoms with Crippen molar-refractivity contribution in [1.29, 1.82) is 0 Å². The summed E-state index contributed by atoms with van der Waals surface area (Å²) in [5.74, 6) is -0.615. The second-order valence-electron chi connectivity index (χ2n) is 4.57. The Morgan fingerprint density at radius 3 is 2.75 bits per heavy atom. The van der Waals surface area contributed by atoms with E-state index in [1.54, 1.807) is 32.0 Å². The van der Waals surface area contributed by atoms with Crippen LogP contribution in [0, 0.1) is 19.7 Å². The lowest BCUT2D eigenvalue weighted by Gasteiger charge is -2.08. The molecule has 0 saturated carbocycles. The van der Waals surface area contributed by atoms with E-state index >= 15 is 0 Å². The van der Waals surface area contributed by atoms with Crippen LogP contribution in [0.5, 0.6) is 0 Å². The predicted molar refractivity (Wildman–Crippen MR) is 76.3 cm³/mol. The normalized spacial score (nSPS) is 10.4. The molecule has 0 unspecified atom stereocenters. The van der Waals surface area contributed by atoms with Gasteiger partial charge >= 0.3 is 0 Å². The van der Waals surface area contributed by atoms with E-state index < -0.39 is 0 Å². The summed E-state index contributed by atoms with van der Waals surface area (Å²) in [7, 11) is 0. The summed E-state index contributed by atoms with van der Waals surface area (Å²) in [5, 5.41) is 3.04. The topological polar surface area (TPSA) is 42.0 Å². The molecule has 0 saturated heterocycles. The number of amides is 1. The monoisotopic (exact) mass is 292 g/mol. The van der Waals surface area contributed by atoms with Crippen LogP contribution in [0.2, 0.25) is 5.02 Å². The third kappa shape index (κ3) is 3.33. The van der Waals surface area contributed by atoms with Gasteiger partial charge in [0.25, 0.3) is 5.91 Å². The highest BCUT2D eigenvalue weighted by Crippen LogP contribution is 2.16. The van der Waals surface area contributed by atoms with Crippen molar-refractivity contribution >= 4 is 17.5 Å². The third-order valence-electron chi connectivity index (χ3n) is 2.92. The van der Waals surface area contributed by atoms with E-state index in [0.717, 1.165) is 5.69 Å². The summed E-state index contributed by atoms with van der Waals surface area (Å²) in [5.41, 5.74) is 2.32. The fourth-order valence-corrected chi connectivity index (χ4v) is 2.01. The number of hydrogen-bond acceptors (Lipinski definition) is 2. The minimum absolute atomic E-state index is 0.236. The Hall–Kier alpha value is -1.94. The largest absolute Gasteiger partial charge is 0.348 e. The summed E-state index contributed by atoms with van der Waals surface area (Å²) >= 11 is 5.99. The average molecular weight is 293 g/mol. The van der Waals surface area contributed by atoms with Gasteiger partial charge in [0.15, 0.2) is 0 Å². The number of carbonyl (C=O) groups excluding carboxylic acids is 1. The molecule has 104 valence electrons. The van der Waals surface area contributed by atoms with Crippen molar-refractivity contribution in [3.8, 4) is 0 Å². The van der Waals surface area contributed by atoms with E-state index in [9.17, 15) is 9.18 Å². The molecule has 3 nitrogen and oxygen atoms in total. The Balaban J connectivity index is 2.06. The Labute approximate surface area is 121 Å². The van der Waals surface area contributed by atoms with Crippen molar-refractivity contribution in [3.63, 3.8) is 0 Å². The number of hydrogen-bond donors (Lipinski definition) is 1. The van der Waals surface area contributed by atoms with Gasteiger partial charge in [0.05, 0.1) is 10.6 Å². The van der Waals surface area contributed by atoms with Crippen LogP contribution in [0.15, 0.2) is 30.5 Å². The van der Waals surface area contributed by atoms with Gasteiger partial charge in [0.1, 0.15) is 5.82 Å². The Morgan fingerprint density at radius 2 is 2.10 bits per heavy atom. The summed E-state index contributed by atoms with van der Waals surface area (Å²) in [6.07, 6.45) is 1.43. The van der Waals surface area contributed by atoms with Gasteiger partial charge in [-0.15, -0.1) is 0 Å². The van der Waals surface area contributed by atoms with Gasteiger partial charge < -0.3 is 5.32 Å². The molecule has 0 radical (unpaired) electrons. The van der Waals surface area contributed by atoms with Crippen molar-refractivity contribution in [3.05, 3.63) is 63.7 Å². The lowest BCUT2D eigenvalue weighted by molar-refractivity contribution is 0.0950. The summed E-state index contributed by atoms with van der Waals surface area (Å²) in [4.78, 5) is 16.0. The Kier molecular flexibility index (Phi) is 4.35. The number of nitrogens with zero attached hydrogens (tertiary/aromatic N) is 1. The third-order valence-corrected chi connectivity index (χ3v) is 3.24. The summed E-state index contributed by atoms with van der Waals surface area (Å²) < 4.78 is 13.4. The Bertz CT molecular complexity index is 658. The highest BCUT2D eigenvalue weighted by molar-refractivity contribution is 6.33. The molecule has 1 aromatic heterocycles. The van der Waals surface area contributed by atoms with E-state index in [2.05, 4.69) is 10.3 Å². The Morgan fingerprint density at radius 1 is 1.35 bits per heavy atom. The quantitative estimate of drug-likeness (QED) is 0.942. The molecule has 2 aromatic rings. The number of nitrogens with one attached hydrogen (secondary N) is 1. The molecule has 0 spiro atoms. The molecule has 5 heteroatoms. The van der Waals surface area contributed by atoms with E-state index in [4.69, 9.17) is 11.6 Å². The zero-order chi connectivity index (χ0) is 14.7. The summed E-state index contributed by atoms with van der Waals surface area (Å²) in [6, 6.07) is 6.48. The predicted octanol–water partition coefficient (Wildman–Crippen LogP) is 3.42. The van der Waals surface area contributed by atoms with Gasteiger partial charge in [-0.05, 0) is 37.1 Å². The smallest absolute Gasteiger partial charge is 0.254 e. The first kappa shape index (κ1) is 14.5. The standard InChI is InChI=1S/C15H14ClFN2O/c1-9-3-4-11(6-14(9)17)7-19-15(20)12-8-18-10(2)5-13(12)16/h3-6,8H,7H2,1-2H3,(H,19,20). The molecule has 2 rings (SSSR count). The molecule has 0 aliphatic carbocycles.